The van der Waals surface area contributed by atoms with Crippen LogP contribution in [0.4, 0.5) is 0 Å². The van der Waals surface area contributed by atoms with E-state index in [1.54, 1.807) is 0 Å². The van der Waals surface area contributed by atoms with Crippen molar-refractivity contribution in [3.05, 3.63) is 59.7 Å². The minimum atomic E-state index is 0.253. The minimum Gasteiger partial charge on any atom is -0.487 e. The molecule has 0 radical (unpaired) electrons. The number of nitrogens with zero attached hydrogens (tertiary/aromatic N) is 1. The molecule has 2 aromatic rings. The second kappa shape index (κ2) is 8.68. The Kier molecular flexibility index (Phi) is 6.06. The summed E-state index contributed by atoms with van der Waals surface area (Å²) in [6.07, 6.45) is 2.73. The van der Waals surface area contributed by atoms with Crippen molar-refractivity contribution in [2.75, 3.05) is 25.9 Å². The summed E-state index contributed by atoms with van der Waals surface area (Å²) in [6.45, 7) is 5.59. The molecule has 4 heteroatoms. The zero-order valence-corrected chi connectivity index (χ0v) is 17.2. The second-order valence-electron chi connectivity index (χ2n) is 7.83. The third kappa shape index (κ3) is 4.50. The van der Waals surface area contributed by atoms with Gasteiger partial charge in [0, 0.05) is 23.2 Å². The highest BCUT2D eigenvalue weighted by atomic mass is 32.2. The lowest BCUT2D eigenvalue weighted by molar-refractivity contribution is 0.0917. The predicted molar refractivity (Wildman–Crippen MR) is 114 cm³/mol. The molecule has 2 heterocycles. The summed E-state index contributed by atoms with van der Waals surface area (Å²) in [5, 5.41) is 3.59. The number of hydrogen-bond donors (Lipinski definition) is 1. The maximum absolute atomic E-state index is 6.38. The molecule has 4 rings (SSSR count). The summed E-state index contributed by atoms with van der Waals surface area (Å²) in [4.78, 5) is 3.88. The van der Waals surface area contributed by atoms with E-state index in [4.69, 9.17) is 4.74 Å². The molecule has 144 valence electrons. The Morgan fingerprint density at radius 1 is 1.15 bits per heavy atom. The third-order valence-electron chi connectivity index (χ3n) is 5.89. The number of rotatable bonds is 5. The van der Waals surface area contributed by atoms with E-state index >= 15 is 0 Å². The molecule has 1 saturated heterocycles. The summed E-state index contributed by atoms with van der Waals surface area (Å²) < 4.78 is 6.38. The molecule has 0 aliphatic carbocycles. The van der Waals surface area contributed by atoms with Gasteiger partial charge in [0.15, 0.2) is 0 Å². The van der Waals surface area contributed by atoms with Crippen LogP contribution < -0.4 is 10.1 Å². The highest BCUT2D eigenvalue weighted by molar-refractivity contribution is 7.99. The molecule has 1 fully saturated rings. The summed E-state index contributed by atoms with van der Waals surface area (Å²) in [7, 11) is 2.10. The Morgan fingerprint density at radius 3 is 2.74 bits per heavy atom. The molecule has 0 aromatic heterocycles. The van der Waals surface area contributed by atoms with Crippen molar-refractivity contribution in [3.63, 3.8) is 0 Å². The average molecular weight is 383 g/mol. The molecule has 2 atom stereocenters. The van der Waals surface area contributed by atoms with Gasteiger partial charge in [0.2, 0.25) is 0 Å². The molecule has 1 N–H and O–H groups in total. The maximum Gasteiger partial charge on any atom is 0.133 e. The molecule has 2 unspecified atom stereocenters. The molecular formula is C23H30N2OS. The lowest BCUT2D eigenvalue weighted by atomic mass is 9.86. The SMILES string of the molecule is CNC(C1CCN(Cc2cccc(C)c2)CC1)C1CSc2ccccc2O1. The first-order valence-electron chi connectivity index (χ1n) is 10.1. The van der Waals surface area contributed by atoms with Gasteiger partial charge in [-0.1, -0.05) is 42.0 Å². The lowest BCUT2D eigenvalue weighted by Crippen LogP contribution is -2.51. The van der Waals surface area contributed by atoms with Crippen LogP contribution in [0.2, 0.25) is 0 Å². The van der Waals surface area contributed by atoms with Gasteiger partial charge in [-0.3, -0.25) is 4.90 Å². The van der Waals surface area contributed by atoms with Crippen molar-refractivity contribution >= 4 is 11.8 Å². The van der Waals surface area contributed by atoms with Gasteiger partial charge in [0.1, 0.15) is 11.9 Å². The van der Waals surface area contributed by atoms with Gasteiger partial charge in [-0.25, -0.2) is 0 Å². The largest absolute Gasteiger partial charge is 0.487 e. The Labute approximate surface area is 167 Å². The molecule has 0 bridgehead atoms. The summed E-state index contributed by atoms with van der Waals surface area (Å²) in [5.74, 6) is 2.77. The monoisotopic (exact) mass is 382 g/mol. The topological polar surface area (TPSA) is 24.5 Å². The molecule has 0 amide bonds. The quantitative estimate of drug-likeness (QED) is 0.831. The minimum absolute atomic E-state index is 0.253. The van der Waals surface area contributed by atoms with E-state index in [2.05, 4.69) is 72.7 Å². The van der Waals surface area contributed by atoms with Crippen LogP contribution in [0.1, 0.15) is 24.0 Å². The van der Waals surface area contributed by atoms with E-state index < -0.39 is 0 Å². The van der Waals surface area contributed by atoms with Crippen LogP contribution in [-0.4, -0.2) is 42.9 Å². The molecule has 2 aliphatic rings. The Bertz CT molecular complexity index is 758. The number of hydrogen-bond acceptors (Lipinski definition) is 4. The average Bonchev–Trinajstić information content (AvgIpc) is 2.70. The van der Waals surface area contributed by atoms with Crippen LogP contribution >= 0.6 is 11.8 Å². The maximum atomic E-state index is 6.38. The molecule has 0 saturated carbocycles. The zero-order chi connectivity index (χ0) is 18.6. The predicted octanol–water partition coefficient (Wildman–Crippen LogP) is 4.35. The highest BCUT2D eigenvalue weighted by Crippen LogP contribution is 2.37. The van der Waals surface area contributed by atoms with E-state index in [1.165, 1.54) is 42.0 Å². The van der Waals surface area contributed by atoms with E-state index in [0.29, 0.717) is 12.0 Å². The molecule has 2 aromatic carbocycles. The number of likely N-dealkylation sites (N-methyl/N-ethyl adjacent to an activating group) is 1. The van der Waals surface area contributed by atoms with Crippen LogP contribution in [0.3, 0.4) is 0 Å². The number of piperidine rings is 1. The van der Waals surface area contributed by atoms with Crippen molar-refractivity contribution in [1.82, 2.24) is 10.2 Å². The Balaban J connectivity index is 1.34. The molecular weight excluding hydrogens is 352 g/mol. The van der Waals surface area contributed by atoms with Gasteiger partial charge in [0.25, 0.3) is 0 Å². The first-order valence-corrected chi connectivity index (χ1v) is 11.0. The van der Waals surface area contributed by atoms with E-state index in [1.807, 2.05) is 11.8 Å². The summed E-state index contributed by atoms with van der Waals surface area (Å²) >= 11 is 1.93. The molecule has 27 heavy (non-hydrogen) atoms. The van der Waals surface area contributed by atoms with Gasteiger partial charge in [-0.05, 0) is 63.5 Å². The number of nitrogens with one attached hydrogen (secondary N) is 1. The van der Waals surface area contributed by atoms with Crippen molar-refractivity contribution in [3.8, 4) is 5.75 Å². The van der Waals surface area contributed by atoms with Crippen LogP contribution in [0, 0.1) is 12.8 Å². The molecule has 0 spiro atoms. The summed E-state index contributed by atoms with van der Waals surface area (Å²) in [5.41, 5.74) is 2.78. The zero-order valence-electron chi connectivity index (χ0n) is 16.4. The summed E-state index contributed by atoms with van der Waals surface area (Å²) in [6, 6.07) is 17.8. The number of aryl methyl sites for hydroxylation is 1. The van der Waals surface area contributed by atoms with Crippen molar-refractivity contribution in [2.45, 2.75) is 43.4 Å². The lowest BCUT2D eigenvalue weighted by Gasteiger charge is -2.40. The normalized spacial score (nSPS) is 22.1. The number of ether oxygens (including phenoxy) is 1. The van der Waals surface area contributed by atoms with Crippen LogP contribution in [-0.2, 0) is 6.54 Å². The first-order chi connectivity index (χ1) is 13.2. The number of fused-ring (bicyclic) bond motifs is 1. The Hall–Kier alpha value is -1.49. The second-order valence-corrected chi connectivity index (χ2v) is 8.89. The van der Waals surface area contributed by atoms with Gasteiger partial charge >= 0.3 is 0 Å². The van der Waals surface area contributed by atoms with Crippen LogP contribution in [0.25, 0.3) is 0 Å². The van der Waals surface area contributed by atoms with Crippen molar-refractivity contribution < 1.29 is 4.74 Å². The fourth-order valence-corrected chi connectivity index (χ4v) is 5.53. The van der Waals surface area contributed by atoms with Gasteiger partial charge in [0.05, 0.1) is 0 Å². The van der Waals surface area contributed by atoms with E-state index in [-0.39, 0.29) is 6.10 Å². The fraction of sp³-hybridized carbons (Fsp3) is 0.478. The third-order valence-corrected chi connectivity index (χ3v) is 7.04. The van der Waals surface area contributed by atoms with Crippen LogP contribution in [0.5, 0.6) is 5.75 Å². The van der Waals surface area contributed by atoms with Gasteiger partial charge < -0.3 is 10.1 Å². The number of para-hydroxylation sites is 1. The van der Waals surface area contributed by atoms with Gasteiger partial charge in [-0.15, -0.1) is 11.8 Å². The van der Waals surface area contributed by atoms with E-state index in [0.717, 1.165) is 18.0 Å². The van der Waals surface area contributed by atoms with E-state index in [9.17, 15) is 0 Å². The smallest absolute Gasteiger partial charge is 0.133 e. The standard InChI is InChI=1S/C23H30N2OS/c1-17-6-5-7-18(14-17)15-25-12-10-19(11-13-25)23(24-2)21-16-27-22-9-4-3-8-20(22)26-21/h3-9,14,19,21,23-24H,10-13,15-16H2,1-2H3. The number of thioether (sulfide) groups is 1. The van der Waals surface area contributed by atoms with Gasteiger partial charge in [-0.2, -0.15) is 0 Å². The molecule has 2 aliphatic heterocycles. The van der Waals surface area contributed by atoms with Crippen molar-refractivity contribution in [1.29, 1.82) is 0 Å². The van der Waals surface area contributed by atoms with Crippen molar-refractivity contribution in [2.24, 2.45) is 5.92 Å². The Morgan fingerprint density at radius 2 is 1.96 bits per heavy atom. The number of likely N-dealkylation sites (tertiary alicyclic amines) is 1. The highest BCUT2D eigenvalue weighted by Gasteiger charge is 2.34. The number of benzene rings is 2. The molecule has 3 nitrogen and oxygen atoms in total. The fourth-order valence-electron chi connectivity index (χ4n) is 4.48. The first kappa shape index (κ1) is 18.9. The van der Waals surface area contributed by atoms with Crippen LogP contribution in [0.15, 0.2) is 53.4 Å².